The highest BCUT2D eigenvalue weighted by Gasteiger charge is 2.08. The Morgan fingerprint density at radius 1 is 1.25 bits per heavy atom. The third kappa shape index (κ3) is 1.51. The van der Waals surface area contributed by atoms with Gasteiger partial charge in [-0.25, -0.2) is 0 Å². The Labute approximate surface area is 107 Å². The summed E-state index contributed by atoms with van der Waals surface area (Å²) in [7, 11) is 0. The van der Waals surface area contributed by atoms with Crippen LogP contribution in [-0.4, -0.2) is 0 Å². The summed E-state index contributed by atoms with van der Waals surface area (Å²) in [5.74, 6) is 0. The quantitative estimate of drug-likeness (QED) is 0.476. The van der Waals surface area contributed by atoms with Crippen molar-refractivity contribution in [1.82, 2.24) is 0 Å². The van der Waals surface area contributed by atoms with Crippen LogP contribution in [0.1, 0.15) is 0 Å². The summed E-state index contributed by atoms with van der Waals surface area (Å²) in [4.78, 5) is 1.08. The maximum absolute atomic E-state index is 4.43. The first kappa shape index (κ1) is 9.54. The summed E-state index contributed by atoms with van der Waals surface area (Å²) >= 11 is 11.0. The SMILES string of the molecule is Sc1cccc2sc(I)c(I)c12. The molecule has 2 aromatic rings. The van der Waals surface area contributed by atoms with Gasteiger partial charge in [0.05, 0.1) is 2.88 Å². The van der Waals surface area contributed by atoms with Gasteiger partial charge in [0.25, 0.3) is 0 Å². The summed E-state index contributed by atoms with van der Waals surface area (Å²) in [6.07, 6.45) is 0. The summed E-state index contributed by atoms with van der Waals surface area (Å²) < 4.78 is 4.01. The Bertz CT molecular complexity index is 434. The molecule has 0 bridgehead atoms. The molecule has 12 heavy (non-hydrogen) atoms. The number of hydrogen-bond acceptors (Lipinski definition) is 2. The van der Waals surface area contributed by atoms with Crippen molar-refractivity contribution in [2.45, 2.75) is 4.90 Å². The van der Waals surface area contributed by atoms with Crippen molar-refractivity contribution in [3.05, 3.63) is 24.7 Å². The van der Waals surface area contributed by atoms with Gasteiger partial charge in [0.15, 0.2) is 0 Å². The van der Waals surface area contributed by atoms with Crippen LogP contribution in [0.5, 0.6) is 0 Å². The summed E-state index contributed by atoms with van der Waals surface area (Å²) in [5.41, 5.74) is 0. The molecular formula is C8H4I2S2. The molecule has 0 aliphatic carbocycles. The Morgan fingerprint density at radius 2 is 2.00 bits per heavy atom. The van der Waals surface area contributed by atoms with Gasteiger partial charge in [-0.15, -0.1) is 24.0 Å². The van der Waals surface area contributed by atoms with Crippen molar-refractivity contribution in [2.24, 2.45) is 0 Å². The molecule has 0 aliphatic rings. The molecule has 0 N–H and O–H groups in total. The fourth-order valence-electron chi connectivity index (χ4n) is 1.06. The number of halogens is 2. The molecule has 0 spiro atoms. The lowest BCUT2D eigenvalue weighted by Gasteiger charge is -1.93. The minimum absolute atomic E-state index is 1.08. The molecule has 0 atom stereocenters. The number of thiophene rings is 1. The minimum atomic E-state index is 1.08. The fraction of sp³-hybridized carbons (Fsp3) is 0. The maximum atomic E-state index is 4.43. The first-order valence-electron chi connectivity index (χ1n) is 3.25. The minimum Gasteiger partial charge on any atom is -0.143 e. The summed E-state index contributed by atoms with van der Waals surface area (Å²) in [6, 6.07) is 6.23. The molecule has 62 valence electrons. The molecule has 0 fully saturated rings. The number of thiol groups is 1. The van der Waals surface area contributed by atoms with Gasteiger partial charge in [-0.3, -0.25) is 0 Å². The van der Waals surface area contributed by atoms with Gasteiger partial charge >= 0.3 is 0 Å². The van der Waals surface area contributed by atoms with E-state index in [1.54, 1.807) is 0 Å². The zero-order valence-electron chi connectivity index (χ0n) is 5.84. The first-order valence-corrected chi connectivity index (χ1v) is 6.68. The van der Waals surface area contributed by atoms with Crippen LogP contribution in [-0.2, 0) is 0 Å². The van der Waals surface area contributed by atoms with Crippen molar-refractivity contribution in [3.63, 3.8) is 0 Å². The number of benzene rings is 1. The Balaban J connectivity index is 2.97. The van der Waals surface area contributed by atoms with E-state index in [0.717, 1.165) is 4.90 Å². The third-order valence-electron chi connectivity index (χ3n) is 1.60. The van der Waals surface area contributed by atoms with E-state index in [9.17, 15) is 0 Å². The molecule has 2 rings (SSSR count). The second-order valence-corrected chi connectivity index (χ2v) is 6.76. The summed E-state index contributed by atoms with van der Waals surface area (Å²) in [6.45, 7) is 0. The predicted octanol–water partition coefficient (Wildman–Crippen LogP) is 4.40. The van der Waals surface area contributed by atoms with E-state index in [-0.39, 0.29) is 0 Å². The normalized spacial score (nSPS) is 10.9. The summed E-state index contributed by atoms with van der Waals surface area (Å²) in [5, 5.41) is 1.30. The van der Waals surface area contributed by atoms with Crippen molar-refractivity contribution in [2.75, 3.05) is 0 Å². The fourth-order valence-corrected chi connectivity index (χ4v) is 4.59. The first-order chi connectivity index (χ1) is 5.70. The van der Waals surface area contributed by atoms with Crippen LogP contribution in [0.4, 0.5) is 0 Å². The van der Waals surface area contributed by atoms with Gasteiger partial charge in [0, 0.05) is 18.6 Å². The monoisotopic (exact) mass is 418 g/mol. The lowest BCUT2D eigenvalue weighted by molar-refractivity contribution is 1.57. The van der Waals surface area contributed by atoms with Gasteiger partial charge in [0.2, 0.25) is 0 Å². The molecule has 0 amide bonds. The smallest absolute Gasteiger partial charge is 0.0799 e. The second kappa shape index (κ2) is 3.62. The molecule has 1 heterocycles. The molecule has 0 saturated carbocycles. The van der Waals surface area contributed by atoms with E-state index in [0.29, 0.717) is 0 Å². The average molecular weight is 418 g/mol. The van der Waals surface area contributed by atoms with E-state index in [1.807, 2.05) is 23.5 Å². The van der Waals surface area contributed by atoms with Crippen molar-refractivity contribution in [3.8, 4) is 0 Å². The third-order valence-corrected chi connectivity index (χ3v) is 6.59. The standard InChI is InChI=1S/C8H4I2S2/c9-7-6-4(11)2-1-3-5(6)12-8(7)10/h1-3,11H. The molecule has 1 aromatic carbocycles. The predicted molar refractivity (Wildman–Crippen MR) is 74.5 cm³/mol. The largest absolute Gasteiger partial charge is 0.143 e. The topological polar surface area (TPSA) is 0 Å². The number of fused-ring (bicyclic) bond motifs is 1. The Kier molecular flexibility index (Phi) is 2.88. The Morgan fingerprint density at radius 3 is 2.67 bits per heavy atom. The van der Waals surface area contributed by atoms with E-state index in [1.165, 1.54) is 16.5 Å². The Hall–Kier alpha value is 0.990. The molecule has 0 saturated heterocycles. The number of rotatable bonds is 0. The van der Waals surface area contributed by atoms with Crippen molar-refractivity contribution in [1.29, 1.82) is 0 Å². The molecule has 0 radical (unpaired) electrons. The van der Waals surface area contributed by atoms with E-state index < -0.39 is 0 Å². The van der Waals surface area contributed by atoms with E-state index >= 15 is 0 Å². The highest BCUT2D eigenvalue weighted by molar-refractivity contribution is 14.1. The lowest BCUT2D eigenvalue weighted by Crippen LogP contribution is -1.71. The molecule has 0 aliphatic heterocycles. The highest BCUT2D eigenvalue weighted by Crippen LogP contribution is 2.36. The molecule has 0 nitrogen and oxygen atoms in total. The van der Waals surface area contributed by atoms with Gasteiger partial charge in [0.1, 0.15) is 0 Å². The van der Waals surface area contributed by atoms with Gasteiger partial charge in [-0.2, -0.15) is 0 Å². The van der Waals surface area contributed by atoms with E-state index in [2.05, 4.69) is 63.9 Å². The van der Waals surface area contributed by atoms with Crippen LogP contribution in [0, 0.1) is 6.45 Å². The van der Waals surface area contributed by atoms with E-state index in [4.69, 9.17) is 0 Å². The molecule has 1 aromatic heterocycles. The molecule has 0 unspecified atom stereocenters. The zero-order valence-corrected chi connectivity index (χ0v) is 11.9. The van der Waals surface area contributed by atoms with Crippen molar-refractivity contribution >= 4 is 79.2 Å². The zero-order chi connectivity index (χ0) is 8.72. The maximum Gasteiger partial charge on any atom is 0.0799 e. The van der Waals surface area contributed by atoms with Crippen LogP contribution in [0.2, 0.25) is 0 Å². The van der Waals surface area contributed by atoms with Gasteiger partial charge in [-0.05, 0) is 57.3 Å². The van der Waals surface area contributed by atoms with Crippen LogP contribution in [0.15, 0.2) is 23.1 Å². The van der Waals surface area contributed by atoms with Crippen molar-refractivity contribution < 1.29 is 0 Å². The second-order valence-electron chi connectivity index (χ2n) is 2.34. The van der Waals surface area contributed by atoms with Crippen LogP contribution >= 0.6 is 69.1 Å². The molecule has 4 heteroatoms. The van der Waals surface area contributed by atoms with Crippen LogP contribution < -0.4 is 0 Å². The van der Waals surface area contributed by atoms with Crippen LogP contribution in [0.25, 0.3) is 10.1 Å². The number of hydrogen-bond donors (Lipinski definition) is 1. The highest BCUT2D eigenvalue weighted by atomic mass is 127. The molecular weight excluding hydrogens is 414 g/mol. The van der Waals surface area contributed by atoms with Crippen LogP contribution in [0.3, 0.4) is 0 Å². The van der Waals surface area contributed by atoms with Gasteiger partial charge in [-0.1, -0.05) is 6.07 Å². The average Bonchev–Trinajstić information content (AvgIpc) is 2.29. The van der Waals surface area contributed by atoms with Gasteiger partial charge < -0.3 is 0 Å². The lowest BCUT2D eigenvalue weighted by atomic mass is 10.3.